The highest BCUT2D eigenvalue weighted by Gasteiger charge is 2.13. The second-order valence-corrected chi connectivity index (χ2v) is 6.15. The Kier molecular flexibility index (Phi) is 4.35. The van der Waals surface area contributed by atoms with Crippen LogP contribution in [0.2, 0.25) is 10.0 Å². The number of pyridine rings is 1. The van der Waals surface area contributed by atoms with Crippen LogP contribution >= 0.6 is 23.2 Å². The average molecular weight is 351 g/mol. The fraction of sp³-hybridized carbons (Fsp3) is 0.188. The average Bonchev–Trinajstić information content (AvgIpc) is 2.91. The van der Waals surface area contributed by atoms with E-state index in [-0.39, 0.29) is 5.56 Å². The van der Waals surface area contributed by atoms with Gasteiger partial charge in [-0.1, -0.05) is 29.3 Å². The summed E-state index contributed by atoms with van der Waals surface area (Å²) in [5, 5.41) is 5.13. The summed E-state index contributed by atoms with van der Waals surface area (Å²) in [7, 11) is 1.75. The maximum Gasteiger partial charge on any atom is 0.250 e. The number of hydrogen-bond acceptors (Lipinski definition) is 3. The number of nitrogen functional groups attached to an aromatic ring is 1. The molecular formula is C16H16Cl2N4O. The molecule has 0 aliphatic rings. The summed E-state index contributed by atoms with van der Waals surface area (Å²) < 4.78 is 1.61. The topological polar surface area (TPSA) is 75.8 Å². The Morgan fingerprint density at radius 1 is 1.26 bits per heavy atom. The number of rotatable bonds is 4. The molecule has 0 atom stereocenters. The summed E-state index contributed by atoms with van der Waals surface area (Å²) in [5.74, 6) is 0. The van der Waals surface area contributed by atoms with E-state index in [0.29, 0.717) is 28.8 Å². The van der Waals surface area contributed by atoms with Crippen molar-refractivity contribution >= 4 is 39.8 Å². The Hall–Kier alpha value is -1.95. The minimum Gasteiger partial charge on any atom is -0.397 e. The fourth-order valence-electron chi connectivity index (χ4n) is 2.56. The first-order chi connectivity index (χ1) is 11.0. The van der Waals surface area contributed by atoms with Gasteiger partial charge in [0.1, 0.15) is 0 Å². The molecule has 23 heavy (non-hydrogen) atoms. The van der Waals surface area contributed by atoms with E-state index in [1.807, 2.05) is 12.1 Å². The monoisotopic (exact) mass is 350 g/mol. The molecule has 0 saturated heterocycles. The SMILES string of the molecule is Cn1c(CNCc2cc(Cl)c3c(Cl)c[nH]c3c2N)cccc1=O. The molecule has 0 radical (unpaired) electrons. The third-order valence-corrected chi connectivity index (χ3v) is 4.49. The number of hydrogen-bond donors (Lipinski definition) is 3. The van der Waals surface area contributed by atoms with Crippen molar-refractivity contribution in [3.05, 3.63) is 62.1 Å². The van der Waals surface area contributed by atoms with E-state index in [9.17, 15) is 4.79 Å². The Bertz CT molecular complexity index is 930. The third kappa shape index (κ3) is 2.95. The van der Waals surface area contributed by atoms with Gasteiger partial charge >= 0.3 is 0 Å². The maximum absolute atomic E-state index is 11.6. The van der Waals surface area contributed by atoms with Crippen LogP contribution in [-0.4, -0.2) is 9.55 Å². The van der Waals surface area contributed by atoms with Crippen molar-refractivity contribution in [2.24, 2.45) is 7.05 Å². The van der Waals surface area contributed by atoms with Crippen molar-refractivity contribution in [3.8, 4) is 0 Å². The zero-order valence-electron chi connectivity index (χ0n) is 12.5. The molecule has 120 valence electrons. The number of benzene rings is 1. The Balaban J connectivity index is 1.81. The number of aromatic amines is 1. The summed E-state index contributed by atoms with van der Waals surface area (Å²) in [6.45, 7) is 1.08. The lowest BCUT2D eigenvalue weighted by Crippen LogP contribution is -2.23. The standard InChI is InChI=1S/C16H16Cl2N4O/c1-22-10(3-2-4-13(22)23)7-20-6-9-5-11(17)14-12(18)8-21-16(14)15(9)19/h2-5,8,20-21H,6-7,19H2,1H3. The number of anilines is 1. The quantitative estimate of drug-likeness (QED) is 0.633. The largest absolute Gasteiger partial charge is 0.397 e. The van der Waals surface area contributed by atoms with Gasteiger partial charge < -0.3 is 20.6 Å². The predicted octanol–water partition coefficient (Wildman–Crippen LogP) is 3.05. The minimum atomic E-state index is -0.0331. The number of nitrogens with two attached hydrogens (primary N) is 1. The van der Waals surface area contributed by atoms with Crippen molar-refractivity contribution in [2.75, 3.05) is 5.73 Å². The fourth-order valence-corrected chi connectivity index (χ4v) is 3.19. The van der Waals surface area contributed by atoms with Crippen LogP contribution in [-0.2, 0) is 20.1 Å². The van der Waals surface area contributed by atoms with Gasteiger partial charge in [-0.25, -0.2) is 0 Å². The normalized spacial score (nSPS) is 11.3. The van der Waals surface area contributed by atoms with Gasteiger partial charge in [-0.05, 0) is 17.7 Å². The molecule has 4 N–H and O–H groups in total. The summed E-state index contributed by atoms with van der Waals surface area (Å²) in [4.78, 5) is 14.6. The van der Waals surface area contributed by atoms with E-state index >= 15 is 0 Å². The van der Waals surface area contributed by atoms with Crippen molar-refractivity contribution in [2.45, 2.75) is 13.1 Å². The number of halogens is 2. The first-order valence-electron chi connectivity index (χ1n) is 7.08. The molecule has 0 amide bonds. The van der Waals surface area contributed by atoms with Crippen molar-refractivity contribution in [1.82, 2.24) is 14.9 Å². The van der Waals surface area contributed by atoms with Gasteiger partial charge in [-0.15, -0.1) is 0 Å². The molecule has 0 spiro atoms. The number of aromatic nitrogens is 2. The Morgan fingerprint density at radius 2 is 2.04 bits per heavy atom. The van der Waals surface area contributed by atoms with E-state index in [1.165, 1.54) is 6.07 Å². The van der Waals surface area contributed by atoms with E-state index in [1.54, 1.807) is 23.9 Å². The van der Waals surface area contributed by atoms with Crippen LogP contribution in [0, 0.1) is 0 Å². The van der Waals surface area contributed by atoms with Crippen LogP contribution in [0.25, 0.3) is 10.9 Å². The highest BCUT2D eigenvalue weighted by atomic mass is 35.5. The Labute approximate surface area is 143 Å². The number of nitrogens with zero attached hydrogens (tertiary/aromatic N) is 1. The molecule has 0 fully saturated rings. The number of fused-ring (bicyclic) bond motifs is 1. The van der Waals surface area contributed by atoms with Gasteiger partial charge in [0.15, 0.2) is 0 Å². The second-order valence-electron chi connectivity index (χ2n) is 5.34. The summed E-state index contributed by atoms with van der Waals surface area (Å²) in [6.07, 6.45) is 1.67. The third-order valence-electron chi connectivity index (χ3n) is 3.90. The van der Waals surface area contributed by atoms with Crippen LogP contribution in [0.3, 0.4) is 0 Å². The highest BCUT2D eigenvalue weighted by Crippen LogP contribution is 2.35. The van der Waals surface area contributed by atoms with Crippen molar-refractivity contribution < 1.29 is 0 Å². The summed E-state index contributed by atoms with van der Waals surface area (Å²) in [6, 6.07) is 7.00. The van der Waals surface area contributed by atoms with Crippen molar-refractivity contribution in [3.63, 3.8) is 0 Å². The molecule has 2 heterocycles. The number of H-pyrrole nitrogens is 1. The first kappa shape index (κ1) is 15.9. The molecule has 2 aromatic heterocycles. The molecule has 0 aliphatic carbocycles. The van der Waals surface area contributed by atoms with Gasteiger partial charge in [-0.2, -0.15) is 0 Å². The first-order valence-corrected chi connectivity index (χ1v) is 7.83. The van der Waals surface area contributed by atoms with E-state index in [4.69, 9.17) is 28.9 Å². The minimum absolute atomic E-state index is 0.0331. The molecule has 3 aromatic rings. The van der Waals surface area contributed by atoms with E-state index in [0.717, 1.165) is 22.2 Å². The predicted molar refractivity (Wildman–Crippen MR) is 95.0 cm³/mol. The van der Waals surface area contributed by atoms with E-state index < -0.39 is 0 Å². The molecule has 0 aliphatic heterocycles. The summed E-state index contributed by atoms with van der Waals surface area (Å²) in [5.41, 5.74) is 9.29. The maximum atomic E-state index is 11.6. The van der Waals surface area contributed by atoms with Gasteiger partial charge in [0, 0.05) is 43.5 Å². The van der Waals surface area contributed by atoms with Gasteiger partial charge in [0.2, 0.25) is 5.56 Å². The molecule has 0 unspecified atom stereocenters. The van der Waals surface area contributed by atoms with Crippen LogP contribution in [0.15, 0.2) is 35.3 Å². The highest BCUT2D eigenvalue weighted by molar-refractivity contribution is 6.42. The molecule has 1 aromatic carbocycles. The number of nitrogens with one attached hydrogen (secondary N) is 2. The van der Waals surface area contributed by atoms with Crippen LogP contribution in [0.4, 0.5) is 5.69 Å². The molecular weight excluding hydrogens is 335 g/mol. The van der Waals surface area contributed by atoms with Crippen LogP contribution < -0.4 is 16.6 Å². The lowest BCUT2D eigenvalue weighted by Gasteiger charge is -2.12. The zero-order chi connectivity index (χ0) is 16.6. The van der Waals surface area contributed by atoms with E-state index in [2.05, 4.69) is 10.3 Å². The van der Waals surface area contributed by atoms with Gasteiger partial charge in [0.05, 0.1) is 21.2 Å². The lowest BCUT2D eigenvalue weighted by molar-refractivity contribution is 0.642. The van der Waals surface area contributed by atoms with Crippen molar-refractivity contribution in [1.29, 1.82) is 0 Å². The second kappa shape index (κ2) is 6.28. The molecule has 0 bridgehead atoms. The Morgan fingerprint density at radius 3 is 2.83 bits per heavy atom. The van der Waals surface area contributed by atoms with Gasteiger partial charge in [-0.3, -0.25) is 4.79 Å². The smallest absolute Gasteiger partial charge is 0.250 e. The molecule has 3 rings (SSSR count). The van der Waals surface area contributed by atoms with Crippen LogP contribution in [0.1, 0.15) is 11.3 Å². The molecule has 0 saturated carbocycles. The van der Waals surface area contributed by atoms with Crippen LogP contribution in [0.5, 0.6) is 0 Å². The molecule has 7 heteroatoms. The zero-order valence-corrected chi connectivity index (χ0v) is 14.0. The lowest BCUT2D eigenvalue weighted by atomic mass is 10.1. The molecule has 5 nitrogen and oxygen atoms in total. The summed E-state index contributed by atoms with van der Waals surface area (Å²) >= 11 is 12.4. The van der Waals surface area contributed by atoms with Gasteiger partial charge in [0.25, 0.3) is 0 Å².